The number of hydrogen-bond donors (Lipinski definition) is 0. The van der Waals surface area contributed by atoms with Gasteiger partial charge in [0, 0.05) is 24.6 Å². The van der Waals surface area contributed by atoms with Gasteiger partial charge in [-0.2, -0.15) is 0 Å². The molecule has 1 aliphatic rings. The van der Waals surface area contributed by atoms with E-state index in [1.165, 1.54) is 5.56 Å². The number of aryl methyl sites for hydroxylation is 2. The van der Waals surface area contributed by atoms with Crippen molar-refractivity contribution >= 4 is 22.6 Å². The zero-order valence-corrected chi connectivity index (χ0v) is 19.8. The van der Waals surface area contributed by atoms with Crippen molar-refractivity contribution in [3.8, 4) is 11.5 Å². The minimum atomic E-state index is 0.0168. The molecule has 1 aromatic heterocycles. The molecule has 2 heterocycles. The molecule has 0 N–H and O–H groups in total. The monoisotopic (exact) mass is 455 g/mol. The fourth-order valence-corrected chi connectivity index (χ4v) is 4.74. The molecule has 6 nitrogen and oxygen atoms in total. The number of carbonyl (C=O) groups is 1. The first-order valence-electron chi connectivity index (χ1n) is 11.6. The SMILES string of the molecule is COc1ccc(N2C[C@H](c3nc4ccccc4n3CCOc3ccc(C)cc3C)CC2=O)cc1. The highest BCUT2D eigenvalue weighted by Crippen LogP contribution is 2.34. The van der Waals surface area contributed by atoms with Crippen LogP contribution in [0.3, 0.4) is 0 Å². The fourth-order valence-electron chi connectivity index (χ4n) is 4.74. The maximum absolute atomic E-state index is 12.9. The van der Waals surface area contributed by atoms with Gasteiger partial charge < -0.3 is 18.9 Å². The molecule has 0 spiro atoms. The van der Waals surface area contributed by atoms with Gasteiger partial charge in [-0.25, -0.2) is 4.98 Å². The van der Waals surface area contributed by atoms with Crippen LogP contribution in [0.25, 0.3) is 11.0 Å². The Morgan fingerprint density at radius 2 is 1.82 bits per heavy atom. The van der Waals surface area contributed by atoms with Crippen molar-refractivity contribution < 1.29 is 14.3 Å². The number of para-hydroxylation sites is 2. The molecule has 5 rings (SSSR count). The number of rotatable bonds is 7. The number of fused-ring (bicyclic) bond motifs is 1. The normalized spacial score (nSPS) is 15.8. The topological polar surface area (TPSA) is 56.6 Å². The molecule has 0 bridgehead atoms. The van der Waals surface area contributed by atoms with Crippen LogP contribution < -0.4 is 14.4 Å². The van der Waals surface area contributed by atoms with Crippen LogP contribution in [0.4, 0.5) is 5.69 Å². The van der Waals surface area contributed by atoms with E-state index in [4.69, 9.17) is 14.5 Å². The van der Waals surface area contributed by atoms with Gasteiger partial charge in [-0.15, -0.1) is 0 Å². The molecular weight excluding hydrogens is 426 g/mol. The van der Waals surface area contributed by atoms with E-state index in [1.807, 2.05) is 53.4 Å². The molecule has 0 unspecified atom stereocenters. The predicted molar refractivity (Wildman–Crippen MR) is 134 cm³/mol. The molecular formula is C28H29N3O3. The van der Waals surface area contributed by atoms with Crippen LogP contribution in [-0.2, 0) is 11.3 Å². The van der Waals surface area contributed by atoms with E-state index in [2.05, 4.69) is 36.6 Å². The Balaban J connectivity index is 1.38. The van der Waals surface area contributed by atoms with Gasteiger partial charge in [0.05, 0.1) is 24.7 Å². The van der Waals surface area contributed by atoms with Gasteiger partial charge in [0.1, 0.15) is 23.9 Å². The molecule has 4 aromatic rings. The molecule has 3 aromatic carbocycles. The third-order valence-corrected chi connectivity index (χ3v) is 6.46. The zero-order chi connectivity index (χ0) is 23.7. The lowest BCUT2D eigenvalue weighted by Gasteiger charge is -2.18. The summed E-state index contributed by atoms with van der Waals surface area (Å²) in [6.45, 7) is 5.94. The molecule has 1 saturated heterocycles. The summed E-state index contributed by atoms with van der Waals surface area (Å²) in [4.78, 5) is 19.7. The minimum Gasteiger partial charge on any atom is -0.497 e. The summed E-state index contributed by atoms with van der Waals surface area (Å²) in [5, 5.41) is 0. The second kappa shape index (κ2) is 9.21. The van der Waals surface area contributed by atoms with Crippen molar-refractivity contribution in [1.29, 1.82) is 0 Å². The lowest BCUT2D eigenvalue weighted by Crippen LogP contribution is -2.24. The van der Waals surface area contributed by atoms with Crippen LogP contribution >= 0.6 is 0 Å². The van der Waals surface area contributed by atoms with Gasteiger partial charge in [0.2, 0.25) is 5.91 Å². The van der Waals surface area contributed by atoms with E-state index in [1.54, 1.807) is 7.11 Å². The molecule has 34 heavy (non-hydrogen) atoms. The lowest BCUT2D eigenvalue weighted by molar-refractivity contribution is -0.117. The summed E-state index contributed by atoms with van der Waals surface area (Å²) < 4.78 is 13.6. The lowest BCUT2D eigenvalue weighted by atomic mass is 10.1. The Labute approximate surface area is 199 Å². The van der Waals surface area contributed by atoms with Crippen molar-refractivity contribution in [3.05, 3.63) is 83.7 Å². The van der Waals surface area contributed by atoms with E-state index < -0.39 is 0 Å². The number of hydrogen-bond acceptors (Lipinski definition) is 4. The average Bonchev–Trinajstić information content (AvgIpc) is 3.41. The maximum atomic E-state index is 12.9. The first-order valence-corrected chi connectivity index (χ1v) is 11.6. The second-order valence-corrected chi connectivity index (χ2v) is 8.83. The number of methoxy groups -OCH3 is 1. The number of imidazole rings is 1. The second-order valence-electron chi connectivity index (χ2n) is 8.83. The summed E-state index contributed by atoms with van der Waals surface area (Å²) in [7, 11) is 1.64. The molecule has 1 amide bonds. The first-order chi connectivity index (χ1) is 16.5. The molecule has 6 heteroatoms. The van der Waals surface area contributed by atoms with Crippen molar-refractivity contribution in [2.75, 3.05) is 25.2 Å². The summed E-state index contributed by atoms with van der Waals surface area (Å²) in [5.41, 5.74) is 5.25. The highest BCUT2D eigenvalue weighted by molar-refractivity contribution is 5.96. The Morgan fingerprint density at radius 1 is 1.03 bits per heavy atom. The van der Waals surface area contributed by atoms with Crippen LogP contribution in [0.1, 0.15) is 29.3 Å². The number of ether oxygens (including phenoxy) is 2. The maximum Gasteiger partial charge on any atom is 0.227 e. The predicted octanol–water partition coefficient (Wildman–Crippen LogP) is 5.26. The number of benzene rings is 3. The molecule has 0 radical (unpaired) electrons. The molecule has 1 aliphatic heterocycles. The highest BCUT2D eigenvalue weighted by Gasteiger charge is 2.34. The molecule has 1 atom stereocenters. The number of carbonyl (C=O) groups excluding carboxylic acids is 1. The largest absolute Gasteiger partial charge is 0.497 e. The summed E-state index contributed by atoms with van der Waals surface area (Å²) in [6.07, 6.45) is 0.438. The quantitative estimate of drug-likeness (QED) is 0.381. The Morgan fingerprint density at radius 3 is 2.59 bits per heavy atom. The van der Waals surface area contributed by atoms with E-state index in [9.17, 15) is 4.79 Å². The van der Waals surface area contributed by atoms with Crippen LogP contribution in [-0.4, -0.2) is 35.7 Å². The molecule has 174 valence electrons. The standard InChI is InChI=1S/C28H29N3O3/c1-19-8-13-26(20(2)16-19)34-15-14-30-25-7-5-4-6-24(25)29-28(30)21-17-27(32)31(18-21)22-9-11-23(33-3)12-10-22/h4-13,16,21H,14-15,17-18H2,1-3H3/t21-/m1/s1. The van der Waals surface area contributed by atoms with Crippen molar-refractivity contribution in [2.24, 2.45) is 0 Å². The Bertz CT molecular complexity index is 1330. The number of aromatic nitrogens is 2. The van der Waals surface area contributed by atoms with E-state index in [-0.39, 0.29) is 11.8 Å². The third kappa shape index (κ3) is 4.23. The van der Waals surface area contributed by atoms with Gasteiger partial charge in [-0.05, 0) is 61.9 Å². The average molecular weight is 456 g/mol. The van der Waals surface area contributed by atoms with Crippen LogP contribution in [0.15, 0.2) is 66.7 Å². The van der Waals surface area contributed by atoms with Gasteiger partial charge in [0.15, 0.2) is 0 Å². The van der Waals surface area contributed by atoms with E-state index in [0.29, 0.717) is 26.1 Å². The first kappa shape index (κ1) is 22.0. The summed E-state index contributed by atoms with van der Waals surface area (Å²) in [6, 6.07) is 22.0. The van der Waals surface area contributed by atoms with Gasteiger partial charge in [0.25, 0.3) is 0 Å². The smallest absolute Gasteiger partial charge is 0.227 e. The van der Waals surface area contributed by atoms with Crippen molar-refractivity contribution in [2.45, 2.75) is 32.7 Å². The Kier molecular flexibility index (Phi) is 5.97. The zero-order valence-electron chi connectivity index (χ0n) is 19.8. The summed E-state index contributed by atoms with van der Waals surface area (Å²) in [5.74, 6) is 2.74. The highest BCUT2D eigenvalue weighted by atomic mass is 16.5. The molecule has 0 saturated carbocycles. The van der Waals surface area contributed by atoms with Gasteiger partial charge in [-0.1, -0.05) is 29.8 Å². The van der Waals surface area contributed by atoms with Crippen LogP contribution in [0.5, 0.6) is 11.5 Å². The number of amides is 1. The van der Waals surface area contributed by atoms with Gasteiger partial charge >= 0.3 is 0 Å². The number of anilines is 1. The van der Waals surface area contributed by atoms with Gasteiger partial charge in [-0.3, -0.25) is 4.79 Å². The third-order valence-electron chi connectivity index (χ3n) is 6.46. The van der Waals surface area contributed by atoms with Crippen molar-refractivity contribution in [1.82, 2.24) is 9.55 Å². The van der Waals surface area contributed by atoms with Crippen LogP contribution in [0.2, 0.25) is 0 Å². The summed E-state index contributed by atoms with van der Waals surface area (Å²) >= 11 is 0. The van der Waals surface area contributed by atoms with Crippen molar-refractivity contribution in [3.63, 3.8) is 0 Å². The fraction of sp³-hybridized carbons (Fsp3) is 0.286. The van der Waals surface area contributed by atoms with E-state index >= 15 is 0 Å². The van der Waals surface area contributed by atoms with E-state index in [0.717, 1.165) is 39.6 Å². The number of nitrogens with zero attached hydrogens (tertiary/aromatic N) is 3. The molecule has 1 fully saturated rings. The molecule has 0 aliphatic carbocycles. The van der Waals surface area contributed by atoms with Crippen LogP contribution in [0, 0.1) is 13.8 Å². The minimum absolute atomic E-state index is 0.0168. The Hall–Kier alpha value is -3.80.